The molecule has 0 radical (unpaired) electrons. The number of aliphatic carboxylic acids is 4. The van der Waals surface area contributed by atoms with Gasteiger partial charge < -0.3 is 70.6 Å². The van der Waals surface area contributed by atoms with Gasteiger partial charge in [0.05, 0.1) is 94.9 Å². The van der Waals surface area contributed by atoms with Crippen molar-refractivity contribution in [1.82, 2.24) is 0 Å². The van der Waals surface area contributed by atoms with E-state index in [1.165, 1.54) is 233 Å². The quantitative estimate of drug-likeness (QED) is 0.00989. The lowest BCUT2D eigenvalue weighted by atomic mass is 9.75. The van der Waals surface area contributed by atoms with Crippen LogP contribution in [0.5, 0.6) is 34.5 Å². The Morgan fingerprint density at radius 3 is 0.748 bits per heavy atom. The number of hydrogen-bond acceptors (Lipinski definition) is 16. The normalized spacial score (nSPS) is 16.9. The summed E-state index contributed by atoms with van der Waals surface area (Å²) in [6.07, 6.45) is 48.3. The summed E-state index contributed by atoms with van der Waals surface area (Å²) < 4.78 is 21.4. The zero-order valence-corrected chi connectivity index (χ0v) is 89.1. The number of carbonyl (C=O) groups excluding carboxylic acids is 2. The molecule has 7 atom stereocenters. The summed E-state index contributed by atoms with van der Waals surface area (Å²) >= 11 is 3.57. The van der Waals surface area contributed by atoms with Gasteiger partial charge in [-0.1, -0.05) is 236 Å². The predicted molar refractivity (Wildman–Crippen MR) is 587 cm³/mol. The third kappa shape index (κ3) is 44.2. The number of hydrogen-bond donors (Lipinski definition) is 10. The lowest BCUT2D eigenvalue weighted by molar-refractivity contribution is -0.141. The molecule has 1 unspecified atom stereocenters. The number of carboxylic acids is 4. The third-order valence-corrected chi connectivity index (χ3v) is 28.8. The van der Waals surface area contributed by atoms with Crippen LogP contribution in [0.25, 0.3) is 0 Å². The number of aromatic hydroxyl groups is 4. The number of allylic oxidation sites excluding steroid dienone is 5. The molecule has 0 amide bonds. The Balaban J connectivity index is 0.000000228. The molecule has 147 heavy (non-hydrogen) atoms. The van der Waals surface area contributed by atoms with Crippen LogP contribution >= 0.6 is 15.9 Å². The maximum Gasteiger partial charge on any atom is 0.307 e. The van der Waals surface area contributed by atoms with Gasteiger partial charge in [-0.2, -0.15) is 0 Å². The number of methoxy groups -OCH3 is 2. The maximum atomic E-state index is 11.6. The molecule has 0 aromatic heterocycles. The molecular formula is C126H154BrNO19. The molecule has 21 heteroatoms. The number of rotatable bonds is 27. The molecule has 0 saturated heterocycles. The molecule has 4 saturated carbocycles. The van der Waals surface area contributed by atoms with Crippen molar-refractivity contribution in [2.45, 2.75) is 308 Å². The summed E-state index contributed by atoms with van der Waals surface area (Å²) in [4.78, 5) is 65.6. The third-order valence-electron chi connectivity index (χ3n) is 28.0. The lowest BCUT2D eigenvalue weighted by Crippen LogP contribution is -2.19. The molecule has 8 aliphatic carbocycles. The first-order valence-electron chi connectivity index (χ1n) is 51.8. The van der Waals surface area contributed by atoms with Gasteiger partial charge in [0.15, 0.2) is 0 Å². The van der Waals surface area contributed by atoms with Crippen LogP contribution in [0.3, 0.4) is 0 Å². The Kier molecular flexibility index (Phi) is 53.8. The number of aliphatic hydroxyl groups excluding tert-OH is 1. The van der Waals surface area contributed by atoms with Gasteiger partial charge in [-0.25, -0.2) is 0 Å². The van der Waals surface area contributed by atoms with Crippen molar-refractivity contribution in [3.05, 3.63) is 261 Å². The molecule has 11 N–H and O–H groups in total. The highest BCUT2D eigenvalue weighted by Crippen LogP contribution is 2.51. The summed E-state index contributed by atoms with van der Waals surface area (Å²) in [7, 11) is 2.76. The van der Waals surface area contributed by atoms with Crippen LogP contribution in [0.2, 0.25) is 0 Å². The topological polar surface area (TPSA) is 347 Å². The monoisotopic (exact) mass is 2060 g/mol. The fraction of sp³-hybridized carbons (Fsp3) is 0.460. The van der Waals surface area contributed by atoms with E-state index in [0.29, 0.717) is 41.5 Å². The Hall–Kier alpha value is -13.1. The van der Waals surface area contributed by atoms with Crippen molar-refractivity contribution >= 4 is 51.7 Å². The predicted octanol–water partition coefficient (Wildman–Crippen LogP) is 27.1. The standard InChI is InChI=1S/C24H30O3.C23H28O3.C13H14O3.3C12H12O3.C11H17Br.C11H18O.C8H11N/c1-3-7-21(16-23(25)26-2)20-9-11-22(12-10-20)27-18-19-8-6-15-24(17-19)13-4-5-14-24;1-2-6-20(15-22(24)25)19-8-10-21(11-9-19)26-17-18-7-5-14-23(16-18)12-3-4-13-23;1-3-4-11(9-13(15)16-2)10-5-7-12(14)8-6-10;3*1-2-3-10(8-12(14)15)9-4-6-11(13)7-5-9;2*12-9-10-4-3-7-11(8-10)5-1-2-6-11;1-7(9)8-5-3-2-4-6-8/h9-12,17,21H,4-6,8,13-16,18H2,1-2H3;8-11,16,20H,3-5,7,12-15,17H2,1H3,(H,24,25);5-8,11,14H,9H2,1-2H3;3*4-7,10,13H,8H2,1H3,(H,14,15);8H,1-7,9H2;8,12H,1-7,9H2;2-7H,9H2,1H3/t21-;20-;11-;2*10-;;;;7-/m11111...1/s1. The van der Waals surface area contributed by atoms with Crippen molar-refractivity contribution in [3.63, 3.8) is 0 Å². The van der Waals surface area contributed by atoms with Crippen molar-refractivity contribution in [2.75, 3.05) is 39.4 Å². The molecular weight excluding hydrogens is 1910 g/mol. The number of benzene rings is 7. The van der Waals surface area contributed by atoms with E-state index in [1.807, 2.05) is 85.8 Å². The van der Waals surface area contributed by atoms with Crippen LogP contribution in [-0.4, -0.2) is 121 Å². The first kappa shape index (κ1) is 121. The van der Waals surface area contributed by atoms with Crippen LogP contribution in [-0.2, 0) is 38.2 Å². The van der Waals surface area contributed by atoms with Gasteiger partial charge in [-0.15, -0.1) is 35.5 Å². The minimum Gasteiger partial charge on any atom is -0.508 e. The highest BCUT2D eigenvalue weighted by Gasteiger charge is 2.38. The van der Waals surface area contributed by atoms with Gasteiger partial charge in [0.25, 0.3) is 0 Å². The molecule has 15 rings (SSSR count). The minimum atomic E-state index is -0.879. The minimum absolute atomic E-state index is 0.0222. The largest absolute Gasteiger partial charge is 0.508 e. The Bertz CT molecular complexity index is 5540. The van der Waals surface area contributed by atoms with Gasteiger partial charge in [-0.3, -0.25) is 28.8 Å². The van der Waals surface area contributed by atoms with E-state index in [2.05, 4.69) is 116 Å². The fourth-order valence-electron chi connectivity index (χ4n) is 20.6. The number of phenols is 4. The summed E-state index contributed by atoms with van der Waals surface area (Å²) in [5.74, 6) is 31.1. The molecule has 4 spiro atoms. The van der Waals surface area contributed by atoms with Crippen molar-refractivity contribution < 1.29 is 93.7 Å². The Morgan fingerprint density at radius 1 is 0.313 bits per heavy atom. The van der Waals surface area contributed by atoms with Crippen molar-refractivity contribution in [3.8, 4) is 106 Å². The van der Waals surface area contributed by atoms with Crippen molar-refractivity contribution in [1.29, 1.82) is 0 Å². The molecule has 7 aromatic rings. The number of ether oxygens (including phenoxy) is 4. The second-order valence-electron chi connectivity index (χ2n) is 39.1. The van der Waals surface area contributed by atoms with Gasteiger partial charge in [0.2, 0.25) is 0 Å². The smallest absolute Gasteiger partial charge is 0.307 e. The summed E-state index contributed by atoms with van der Waals surface area (Å²) in [5, 5.41) is 81.8. The average Bonchev–Trinajstić information content (AvgIpc) is 1.73. The molecule has 4 fully saturated rings. The second-order valence-corrected chi connectivity index (χ2v) is 39.7. The summed E-state index contributed by atoms with van der Waals surface area (Å²) in [5.41, 5.74) is 20.0. The Labute approximate surface area is 881 Å². The molecule has 7 aromatic carbocycles. The zero-order valence-electron chi connectivity index (χ0n) is 87.5. The molecule has 8 aliphatic rings. The summed E-state index contributed by atoms with van der Waals surface area (Å²) in [6.45, 7) is 13.9. The first-order chi connectivity index (χ1) is 70.8. The van der Waals surface area contributed by atoms with E-state index in [4.69, 9.17) is 65.9 Å². The van der Waals surface area contributed by atoms with Crippen molar-refractivity contribution in [2.24, 2.45) is 27.4 Å². The Morgan fingerprint density at radius 2 is 0.531 bits per heavy atom. The van der Waals surface area contributed by atoms with E-state index in [1.54, 1.807) is 108 Å². The number of carboxylic acid groups (broad SMARTS) is 4. The van der Waals surface area contributed by atoms with E-state index in [-0.39, 0.29) is 115 Å². The van der Waals surface area contributed by atoms with E-state index in [0.717, 1.165) is 69.5 Å². The van der Waals surface area contributed by atoms with Crippen LogP contribution < -0.4 is 15.2 Å². The maximum absolute atomic E-state index is 11.6. The average molecular weight is 2070 g/mol. The van der Waals surface area contributed by atoms with Crippen LogP contribution in [0.4, 0.5) is 0 Å². The number of phenolic OH excluding ortho intramolecular Hbond substituents is 4. The van der Waals surface area contributed by atoms with Gasteiger partial charge in [0.1, 0.15) is 47.7 Å². The van der Waals surface area contributed by atoms with E-state index in [9.17, 15) is 28.8 Å². The summed E-state index contributed by atoms with van der Waals surface area (Å²) in [6, 6.07) is 51.9. The van der Waals surface area contributed by atoms with E-state index >= 15 is 0 Å². The number of halogens is 1. The SMILES string of the molecule is BrCC1=CC2(CCCC2)CCC1.CC#CC(CC(=O)O)c1ccc(O)cc1.CC#C[C@H](CC(=O)O)c1ccc(O)cc1.CC#C[C@H](CC(=O)O)c1ccc(O)cc1.CC#C[C@H](CC(=O)O)c1ccc(OCC2=CC3(CCCC3)CCC2)cc1.CC#C[C@H](CC(=O)OC)c1ccc(O)cc1.CC#C[C@H](CC(=O)OC)c1ccc(OCC2=CC3(CCCC3)CCC2)cc1.C[C@@H](N)c1ccccc1.OCC1=CC2(CCCC2)CCC1. The first-order valence-corrected chi connectivity index (χ1v) is 52.9. The van der Waals surface area contributed by atoms with Gasteiger partial charge >= 0.3 is 35.8 Å². The van der Waals surface area contributed by atoms with E-state index < -0.39 is 23.9 Å². The molecule has 0 heterocycles. The highest BCUT2D eigenvalue weighted by molar-refractivity contribution is 9.09. The molecule has 0 aliphatic heterocycles. The fourth-order valence-corrected chi connectivity index (χ4v) is 21.1. The molecule has 20 nitrogen and oxygen atoms in total. The van der Waals surface area contributed by atoms with Gasteiger partial charge in [0, 0.05) is 11.4 Å². The van der Waals surface area contributed by atoms with Crippen LogP contribution in [0.15, 0.2) is 223 Å². The second kappa shape index (κ2) is 65.5. The highest BCUT2D eigenvalue weighted by atomic mass is 79.9. The number of carbonyl (C=O) groups is 6. The van der Waals surface area contributed by atoms with Gasteiger partial charge in [-0.05, 0) is 327 Å². The number of esters is 2. The number of alkyl halides is 1. The number of aliphatic hydroxyl groups is 1. The molecule has 784 valence electrons. The number of nitrogens with two attached hydrogens (primary N) is 1. The van der Waals surface area contributed by atoms with Crippen LogP contribution in [0.1, 0.15) is 347 Å². The zero-order chi connectivity index (χ0) is 107. The lowest BCUT2D eigenvalue weighted by Gasteiger charge is -2.31. The molecule has 0 bridgehead atoms. The van der Waals surface area contributed by atoms with Crippen LogP contribution in [0, 0.1) is 92.7 Å².